The van der Waals surface area contributed by atoms with Gasteiger partial charge in [0.1, 0.15) is 6.54 Å². The molecule has 0 aliphatic rings. The zero-order valence-electron chi connectivity index (χ0n) is 15.3. The van der Waals surface area contributed by atoms with E-state index in [0.29, 0.717) is 11.4 Å². The maximum atomic E-state index is 12.5. The third-order valence-corrected chi connectivity index (χ3v) is 5.14. The third-order valence-electron chi connectivity index (χ3n) is 4.03. The summed E-state index contributed by atoms with van der Waals surface area (Å²) in [7, 11) is -3.59. The molecule has 0 spiro atoms. The summed E-state index contributed by atoms with van der Waals surface area (Å²) in [5.41, 5.74) is 4.90. The van der Waals surface area contributed by atoms with E-state index in [-0.39, 0.29) is 12.5 Å². The fourth-order valence-corrected chi connectivity index (χ4v) is 3.81. The fourth-order valence-electron chi connectivity index (χ4n) is 2.84. The largest absolute Gasteiger partial charge is 0.324 e. The number of carbonyl (C=O) groups is 1. The Labute approximate surface area is 149 Å². The number of amides is 1. The molecule has 0 bridgehead atoms. The van der Waals surface area contributed by atoms with Gasteiger partial charge in [-0.15, -0.1) is 0 Å². The number of nitrogens with one attached hydrogen (secondary N) is 1. The minimum absolute atomic E-state index is 0.266. The highest BCUT2D eigenvalue weighted by Gasteiger charge is 2.24. The van der Waals surface area contributed by atoms with Crippen LogP contribution in [0.5, 0.6) is 0 Å². The Morgan fingerprint density at radius 2 is 1.60 bits per heavy atom. The lowest BCUT2D eigenvalue weighted by molar-refractivity contribution is -0.114. The van der Waals surface area contributed by atoms with Crippen molar-refractivity contribution in [2.45, 2.75) is 27.7 Å². The van der Waals surface area contributed by atoms with Crippen LogP contribution in [0.15, 0.2) is 36.4 Å². The van der Waals surface area contributed by atoms with Gasteiger partial charge in [-0.05, 0) is 50.5 Å². The van der Waals surface area contributed by atoms with Crippen LogP contribution in [0.2, 0.25) is 0 Å². The number of sulfonamides is 1. The average molecular weight is 360 g/mol. The lowest BCUT2D eigenvalue weighted by Gasteiger charge is -2.25. The zero-order chi connectivity index (χ0) is 18.8. The van der Waals surface area contributed by atoms with Crippen molar-refractivity contribution in [2.75, 3.05) is 22.4 Å². The molecule has 2 aromatic carbocycles. The number of benzene rings is 2. The van der Waals surface area contributed by atoms with Gasteiger partial charge in [0.15, 0.2) is 0 Å². The topological polar surface area (TPSA) is 66.5 Å². The van der Waals surface area contributed by atoms with E-state index in [9.17, 15) is 13.2 Å². The van der Waals surface area contributed by atoms with E-state index in [0.717, 1.165) is 32.8 Å². The molecule has 0 saturated heterocycles. The molecular formula is C19H24N2O3S. The molecule has 0 fully saturated rings. The minimum atomic E-state index is -3.59. The van der Waals surface area contributed by atoms with Crippen molar-refractivity contribution < 1.29 is 13.2 Å². The first kappa shape index (κ1) is 19.0. The first-order valence-corrected chi connectivity index (χ1v) is 9.85. The minimum Gasteiger partial charge on any atom is -0.324 e. The van der Waals surface area contributed by atoms with Crippen LogP contribution in [0.25, 0.3) is 0 Å². The van der Waals surface area contributed by atoms with Gasteiger partial charge in [-0.3, -0.25) is 9.10 Å². The van der Waals surface area contributed by atoms with Crippen LogP contribution in [-0.2, 0) is 14.8 Å². The highest BCUT2D eigenvalue weighted by atomic mass is 32.2. The highest BCUT2D eigenvalue weighted by molar-refractivity contribution is 7.92. The standard InChI is InChI=1S/C19H24N2O3S/c1-13-9-10-17(16(4)11-13)20-18(22)12-21(25(5,23)24)19-14(2)7-6-8-15(19)3/h6-11H,12H2,1-5H3,(H,20,22). The smallest absolute Gasteiger partial charge is 0.245 e. The van der Waals surface area contributed by atoms with Crippen molar-refractivity contribution in [3.05, 3.63) is 58.7 Å². The van der Waals surface area contributed by atoms with Crippen LogP contribution in [0, 0.1) is 27.7 Å². The molecule has 0 unspecified atom stereocenters. The van der Waals surface area contributed by atoms with Crippen LogP contribution in [0.3, 0.4) is 0 Å². The predicted molar refractivity (Wildman–Crippen MR) is 103 cm³/mol. The summed E-state index contributed by atoms with van der Waals surface area (Å²) < 4.78 is 25.7. The molecule has 2 rings (SSSR count). The lowest BCUT2D eigenvalue weighted by Crippen LogP contribution is -2.38. The second kappa shape index (κ2) is 7.27. The molecule has 2 aromatic rings. The first-order valence-electron chi connectivity index (χ1n) is 8.00. The molecular weight excluding hydrogens is 336 g/mol. The first-order chi connectivity index (χ1) is 11.6. The number of hydrogen-bond donors (Lipinski definition) is 1. The highest BCUT2D eigenvalue weighted by Crippen LogP contribution is 2.26. The molecule has 1 amide bonds. The molecule has 0 aliphatic heterocycles. The molecule has 1 N–H and O–H groups in total. The number of rotatable bonds is 5. The maximum absolute atomic E-state index is 12.5. The summed E-state index contributed by atoms with van der Waals surface area (Å²) in [6.45, 7) is 7.29. The Kier molecular flexibility index (Phi) is 5.52. The molecule has 5 nitrogen and oxygen atoms in total. The van der Waals surface area contributed by atoms with Crippen molar-refractivity contribution in [3.63, 3.8) is 0 Å². The molecule has 0 saturated carbocycles. The average Bonchev–Trinajstić information content (AvgIpc) is 2.48. The lowest BCUT2D eigenvalue weighted by atomic mass is 10.1. The molecule has 0 aromatic heterocycles. The number of para-hydroxylation sites is 1. The Balaban J connectivity index is 2.31. The predicted octanol–water partition coefficient (Wildman–Crippen LogP) is 3.32. The van der Waals surface area contributed by atoms with Gasteiger partial charge in [0.05, 0.1) is 11.9 Å². The summed E-state index contributed by atoms with van der Waals surface area (Å²) in [5, 5.41) is 2.80. The second-order valence-corrected chi connectivity index (χ2v) is 8.28. The molecule has 0 aliphatic carbocycles. The van der Waals surface area contributed by atoms with Gasteiger partial charge in [-0.2, -0.15) is 0 Å². The normalized spacial score (nSPS) is 11.2. The van der Waals surface area contributed by atoms with Crippen molar-refractivity contribution in [1.82, 2.24) is 0 Å². The van der Waals surface area contributed by atoms with E-state index in [1.165, 1.54) is 0 Å². The molecule has 134 valence electrons. The van der Waals surface area contributed by atoms with Gasteiger partial charge >= 0.3 is 0 Å². The van der Waals surface area contributed by atoms with Crippen molar-refractivity contribution >= 4 is 27.3 Å². The zero-order valence-corrected chi connectivity index (χ0v) is 16.1. The van der Waals surface area contributed by atoms with Crippen LogP contribution < -0.4 is 9.62 Å². The number of hydrogen-bond acceptors (Lipinski definition) is 3. The van der Waals surface area contributed by atoms with Crippen LogP contribution in [0.1, 0.15) is 22.3 Å². The molecule has 0 atom stereocenters. The van der Waals surface area contributed by atoms with E-state index in [1.807, 2.05) is 64.1 Å². The molecule has 0 heterocycles. The maximum Gasteiger partial charge on any atom is 0.245 e. The molecule has 6 heteroatoms. The number of carbonyl (C=O) groups excluding carboxylic acids is 1. The number of aryl methyl sites for hydroxylation is 4. The quantitative estimate of drug-likeness (QED) is 0.889. The van der Waals surface area contributed by atoms with Gasteiger partial charge < -0.3 is 5.32 Å². The van der Waals surface area contributed by atoms with Crippen LogP contribution >= 0.6 is 0 Å². The van der Waals surface area contributed by atoms with Crippen molar-refractivity contribution in [2.24, 2.45) is 0 Å². The Hall–Kier alpha value is -2.34. The van der Waals surface area contributed by atoms with Gasteiger partial charge in [0.2, 0.25) is 15.9 Å². The van der Waals surface area contributed by atoms with Gasteiger partial charge in [0.25, 0.3) is 0 Å². The summed E-state index contributed by atoms with van der Waals surface area (Å²) in [6, 6.07) is 11.2. The third kappa shape index (κ3) is 4.60. The summed E-state index contributed by atoms with van der Waals surface area (Å²) in [5.74, 6) is -0.375. The number of anilines is 2. The van der Waals surface area contributed by atoms with E-state index in [4.69, 9.17) is 0 Å². The van der Waals surface area contributed by atoms with Gasteiger partial charge in [-0.1, -0.05) is 35.9 Å². The van der Waals surface area contributed by atoms with Gasteiger partial charge in [-0.25, -0.2) is 8.42 Å². The molecule has 25 heavy (non-hydrogen) atoms. The van der Waals surface area contributed by atoms with Crippen LogP contribution in [0.4, 0.5) is 11.4 Å². The Bertz CT molecular complexity index is 885. The monoisotopic (exact) mass is 360 g/mol. The van der Waals surface area contributed by atoms with E-state index in [2.05, 4.69) is 5.32 Å². The van der Waals surface area contributed by atoms with Crippen LogP contribution in [-0.4, -0.2) is 27.1 Å². The van der Waals surface area contributed by atoms with E-state index in [1.54, 1.807) is 0 Å². The fraction of sp³-hybridized carbons (Fsp3) is 0.316. The van der Waals surface area contributed by atoms with Gasteiger partial charge in [0, 0.05) is 5.69 Å². The van der Waals surface area contributed by atoms with E-state index >= 15 is 0 Å². The Morgan fingerprint density at radius 3 is 2.12 bits per heavy atom. The Morgan fingerprint density at radius 1 is 1.00 bits per heavy atom. The van der Waals surface area contributed by atoms with E-state index < -0.39 is 10.0 Å². The van der Waals surface area contributed by atoms with Crippen molar-refractivity contribution in [1.29, 1.82) is 0 Å². The SMILES string of the molecule is Cc1ccc(NC(=O)CN(c2c(C)cccc2C)S(C)(=O)=O)c(C)c1. The molecule has 0 radical (unpaired) electrons. The summed E-state index contributed by atoms with van der Waals surface area (Å²) in [6.07, 6.45) is 1.11. The number of nitrogens with zero attached hydrogens (tertiary/aromatic N) is 1. The second-order valence-electron chi connectivity index (χ2n) is 6.38. The summed E-state index contributed by atoms with van der Waals surface area (Å²) in [4.78, 5) is 12.5. The summed E-state index contributed by atoms with van der Waals surface area (Å²) >= 11 is 0. The van der Waals surface area contributed by atoms with Crippen molar-refractivity contribution in [3.8, 4) is 0 Å².